The van der Waals surface area contributed by atoms with Crippen LogP contribution in [0, 0.1) is 11.7 Å². The minimum Gasteiger partial charge on any atom is -0.372 e. The molecule has 0 radical (unpaired) electrons. The van der Waals surface area contributed by atoms with E-state index >= 15 is 0 Å². The standard InChI is InChI=1S/C20H27FN2O3/c1-14-12-23(13-15(2)26-14)20(25)17-6-8-22(9-7-17)19(24)11-16-4-3-5-18(21)10-16/h3-5,10,14-15,17H,6-9,11-13H2,1-2H3/t14-,15+. The molecule has 2 aliphatic heterocycles. The summed E-state index contributed by atoms with van der Waals surface area (Å²) in [4.78, 5) is 28.9. The Labute approximate surface area is 154 Å². The van der Waals surface area contributed by atoms with E-state index in [0.29, 0.717) is 44.6 Å². The van der Waals surface area contributed by atoms with Crippen LogP contribution < -0.4 is 0 Å². The molecule has 2 saturated heterocycles. The summed E-state index contributed by atoms with van der Waals surface area (Å²) in [5, 5.41) is 0. The zero-order valence-corrected chi connectivity index (χ0v) is 15.5. The van der Waals surface area contributed by atoms with Crippen molar-refractivity contribution in [2.24, 2.45) is 5.92 Å². The lowest BCUT2D eigenvalue weighted by Crippen LogP contribution is -2.51. The maximum Gasteiger partial charge on any atom is 0.226 e. The molecule has 142 valence electrons. The Balaban J connectivity index is 1.50. The highest BCUT2D eigenvalue weighted by Gasteiger charge is 2.33. The largest absolute Gasteiger partial charge is 0.372 e. The molecule has 0 saturated carbocycles. The fourth-order valence-electron chi connectivity index (χ4n) is 3.93. The first kappa shape index (κ1) is 18.8. The van der Waals surface area contributed by atoms with Gasteiger partial charge in [-0.15, -0.1) is 0 Å². The number of nitrogens with zero attached hydrogens (tertiary/aromatic N) is 2. The summed E-state index contributed by atoms with van der Waals surface area (Å²) >= 11 is 0. The molecule has 0 aromatic heterocycles. The van der Waals surface area contributed by atoms with Crippen LogP contribution in [0.3, 0.4) is 0 Å². The highest BCUT2D eigenvalue weighted by molar-refractivity contribution is 5.81. The maximum atomic E-state index is 13.3. The number of morpholine rings is 1. The van der Waals surface area contributed by atoms with Gasteiger partial charge in [0.15, 0.2) is 0 Å². The topological polar surface area (TPSA) is 49.9 Å². The van der Waals surface area contributed by atoms with E-state index < -0.39 is 0 Å². The van der Waals surface area contributed by atoms with E-state index in [4.69, 9.17) is 4.74 Å². The minimum atomic E-state index is -0.325. The lowest BCUT2D eigenvalue weighted by atomic mass is 9.94. The van der Waals surface area contributed by atoms with Crippen molar-refractivity contribution in [3.05, 3.63) is 35.6 Å². The Morgan fingerprint density at radius 1 is 1.12 bits per heavy atom. The number of hydrogen-bond donors (Lipinski definition) is 0. The third kappa shape index (κ3) is 4.61. The average Bonchev–Trinajstić information content (AvgIpc) is 2.60. The molecule has 2 amide bonds. The number of amides is 2. The molecule has 2 atom stereocenters. The van der Waals surface area contributed by atoms with Gasteiger partial charge >= 0.3 is 0 Å². The van der Waals surface area contributed by atoms with Crippen molar-refractivity contribution in [2.75, 3.05) is 26.2 Å². The quantitative estimate of drug-likeness (QED) is 0.829. The van der Waals surface area contributed by atoms with Crippen molar-refractivity contribution in [2.45, 2.75) is 45.3 Å². The summed E-state index contributed by atoms with van der Waals surface area (Å²) in [6.45, 7) is 6.43. The SMILES string of the molecule is C[C@@H]1CN(C(=O)C2CCN(C(=O)Cc3cccc(F)c3)CC2)C[C@H](C)O1. The van der Waals surface area contributed by atoms with Crippen LogP contribution in [-0.2, 0) is 20.7 Å². The van der Waals surface area contributed by atoms with E-state index in [2.05, 4.69) is 0 Å². The van der Waals surface area contributed by atoms with Crippen LogP contribution >= 0.6 is 0 Å². The first-order valence-electron chi connectivity index (χ1n) is 9.39. The van der Waals surface area contributed by atoms with E-state index in [1.807, 2.05) is 18.7 Å². The van der Waals surface area contributed by atoms with Crippen molar-refractivity contribution < 1.29 is 18.7 Å². The van der Waals surface area contributed by atoms with Crippen molar-refractivity contribution in [3.8, 4) is 0 Å². The molecule has 2 fully saturated rings. The first-order chi connectivity index (χ1) is 12.4. The highest BCUT2D eigenvalue weighted by atomic mass is 19.1. The number of carbonyl (C=O) groups excluding carboxylic acids is 2. The maximum absolute atomic E-state index is 13.3. The van der Waals surface area contributed by atoms with Gasteiger partial charge in [-0.3, -0.25) is 9.59 Å². The molecular weight excluding hydrogens is 335 g/mol. The van der Waals surface area contributed by atoms with Gasteiger partial charge in [-0.25, -0.2) is 4.39 Å². The second kappa shape index (κ2) is 8.16. The van der Waals surface area contributed by atoms with Crippen LogP contribution in [0.15, 0.2) is 24.3 Å². The number of benzene rings is 1. The van der Waals surface area contributed by atoms with Crippen LogP contribution in [0.5, 0.6) is 0 Å². The summed E-state index contributed by atoms with van der Waals surface area (Å²) in [6.07, 6.45) is 1.71. The summed E-state index contributed by atoms with van der Waals surface area (Å²) in [7, 11) is 0. The number of likely N-dealkylation sites (tertiary alicyclic amines) is 1. The van der Waals surface area contributed by atoms with Gasteiger partial charge < -0.3 is 14.5 Å². The van der Waals surface area contributed by atoms with Crippen LogP contribution in [0.25, 0.3) is 0 Å². The average molecular weight is 362 g/mol. The Morgan fingerprint density at radius 3 is 2.38 bits per heavy atom. The van der Waals surface area contributed by atoms with Gasteiger partial charge in [0.05, 0.1) is 18.6 Å². The number of hydrogen-bond acceptors (Lipinski definition) is 3. The molecule has 5 nitrogen and oxygen atoms in total. The monoisotopic (exact) mass is 362 g/mol. The molecule has 1 aromatic rings. The Kier molecular flexibility index (Phi) is 5.91. The second-order valence-corrected chi connectivity index (χ2v) is 7.46. The van der Waals surface area contributed by atoms with Gasteiger partial charge in [-0.2, -0.15) is 0 Å². The molecule has 2 heterocycles. The smallest absolute Gasteiger partial charge is 0.226 e. The van der Waals surface area contributed by atoms with E-state index in [1.165, 1.54) is 12.1 Å². The molecular formula is C20H27FN2O3. The van der Waals surface area contributed by atoms with Gasteiger partial charge in [-0.05, 0) is 44.4 Å². The van der Waals surface area contributed by atoms with E-state index in [-0.39, 0.29) is 42.2 Å². The normalized spacial score (nSPS) is 24.6. The van der Waals surface area contributed by atoms with Crippen molar-refractivity contribution >= 4 is 11.8 Å². The predicted molar refractivity (Wildman–Crippen MR) is 96.0 cm³/mol. The van der Waals surface area contributed by atoms with E-state index in [9.17, 15) is 14.0 Å². The second-order valence-electron chi connectivity index (χ2n) is 7.46. The molecule has 0 N–H and O–H groups in total. The zero-order chi connectivity index (χ0) is 18.7. The van der Waals surface area contributed by atoms with Gasteiger partial charge in [0.1, 0.15) is 5.82 Å². The van der Waals surface area contributed by atoms with Crippen LogP contribution in [0.2, 0.25) is 0 Å². The summed E-state index contributed by atoms with van der Waals surface area (Å²) in [6, 6.07) is 6.15. The zero-order valence-electron chi connectivity index (χ0n) is 15.5. The van der Waals surface area contributed by atoms with Crippen molar-refractivity contribution in [1.82, 2.24) is 9.80 Å². The minimum absolute atomic E-state index is 0.00452. The molecule has 0 unspecified atom stereocenters. The molecule has 2 aliphatic rings. The van der Waals surface area contributed by atoms with Crippen LogP contribution in [-0.4, -0.2) is 60.0 Å². The fourth-order valence-corrected chi connectivity index (χ4v) is 3.93. The number of halogens is 1. The number of rotatable bonds is 3. The van der Waals surface area contributed by atoms with E-state index in [1.54, 1.807) is 17.0 Å². The molecule has 0 bridgehead atoms. The Bertz CT molecular complexity index is 648. The first-order valence-corrected chi connectivity index (χ1v) is 9.39. The number of carbonyl (C=O) groups is 2. The van der Waals surface area contributed by atoms with E-state index in [0.717, 1.165) is 0 Å². The molecule has 26 heavy (non-hydrogen) atoms. The van der Waals surface area contributed by atoms with Gasteiger partial charge in [0.2, 0.25) is 11.8 Å². The van der Waals surface area contributed by atoms with Crippen LogP contribution in [0.1, 0.15) is 32.3 Å². The lowest BCUT2D eigenvalue weighted by molar-refractivity contribution is -0.150. The van der Waals surface area contributed by atoms with Crippen LogP contribution in [0.4, 0.5) is 4.39 Å². The molecule has 0 aliphatic carbocycles. The Hall–Kier alpha value is -1.95. The number of ether oxygens (including phenoxy) is 1. The molecule has 3 rings (SSSR count). The van der Waals surface area contributed by atoms with Gasteiger partial charge in [0, 0.05) is 32.1 Å². The Morgan fingerprint density at radius 2 is 1.77 bits per heavy atom. The highest BCUT2D eigenvalue weighted by Crippen LogP contribution is 2.23. The third-order valence-corrected chi connectivity index (χ3v) is 5.17. The van der Waals surface area contributed by atoms with Gasteiger partial charge in [-0.1, -0.05) is 12.1 Å². The van der Waals surface area contributed by atoms with Gasteiger partial charge in [0.25, 0.3) is 0 Å². The summed E-state index contributed by atoms with van der Waals surface area (Å²) in [5.41, 5.74) is 0.685. The summed E-state index contributed by atoms with van der Waals surface area (Å²) < 4.78 is 18.9. The van der Waals surface area contributed by atoms with Crippen molar-refractivity contribution in [1.29, 1.82) is 0 Å². The molecule has 1 aromatic carbocycles. The lowest BCUT2D eigenvalue weighted by Gasteiger charge is -2.39. The fraction of sp³-hybridized carbons (Fsp3) is 0.600. The predicted octanol–water partition coefficient (Wildman–Crippen LogP) is 2.24. The molecule has 0 spiro atoms. The van der Waals surface area contributed by atoms with Crippen molar-refractivity contribution in [3.63, 3.8) is 0 Å². The number of piperidine rings is 1. The summed E-state index contributed by atoms with van der Waals surface area (Å²) in [5.74, 6) is -0.168. The molecule has 6 heteroatoms. The third-order valence-electron chi connectivity index (χ3n) is 5.17.